The van der Waals surface area contributed by atoms with E-state index in [4.69, 9.17) is 16.3 Å². The number of carbonyl (C=O) groups is 3. The van der Waals surface area contributed by atoms with Gasteiger partial charge < -0.3 is 20.3 Å². The highest BCUT2D eigenvalue weighted by molar-refractivity contribution is 6.30. The normalized spacial score (nSPS) is 17.1. The lowest BCUT2D eigenvalue weighted by atomic mass is 9.87. The number of amides is 3. The maximum atomic E-state index is 15.4. The van der Waals surface area contributed by atoms with Crippen molar-refractivity contribution < 1.29 is 27.9 Å². The smallest absolute Gasteiger partial charge is 0.412 e. The number of likely N-dealkylation sites (N-methyl/N-ethyl adjacent to an activating group) is 1. The minimum Gasteiger partial charge on any atom is -0.444 e. The molecule has 43 heavy (non-hydrogen) atoms. The Kier molecular flexibility index (Phi) is 9.83. The summed E-state index contributed by atoms with van der Waals surface area (Å²) >= 11 is 5.91. The summed E-state index contributed by atoms with van der Waals surface area (Å²) in [6.45, 7) is 5.81. The van der Waals surface area contributed by atoms with E-state index in [0.29, 0.717) is 35.2 Å². The molecule has 3 aromatic carbocycles. The lowest BCUT2D eigenvalue weighted by Crippen LogP contribution is -2.29. The summed E-state index contributed by atoms with van der Waals surface area (Å²) in [4.78, 5) is 39.7. The largest absolute Gasteiger partial charge is 0.444 e. The van der Waals surface area contributed by atoms with Crippen molar-refractivity contribution in [3.05, 3.63) is 94.5 Å². The second-order valence-corrected chi connectivity index (χ2v) is 11.8. The van der Waals surface area contributed by atoms with E-state index >= 15 is 8.78 Å². The Hall–Kier alpha value is -4.28. The highest BCUT2D eigenvalue weighted by Crippen LogP contribution is 2.36. The molecule has 0 aromatic heterocycles. The SMILES string of the molecule is CN1CC(C(=O)Nc2ccc(Cl)cc2)C(c2c(F)cc(/C=C/C(=O)Nc3ccccc3NC(=O)OC(C)(C)C)cc2F)C1. The van der Waals surface area contributed by atoms with E-state index in [1.165, 1.54) is 6.08 Å². The molecular formula is C32H33ClF2N4O4. The molecule has 0 spiro atoms. The molecular weight excluding hydrogens is 578 g/mol. The summed E-state index contributed by atoms with van der Waals surface area (Å²) in [7, 11) is 1.79. The molecule has 4 rings (SSSR count). The van der Waals surface area contributed by atoms with Crippen LogP contribution in [0.1, 0.15) is 37.8 Å². The third kappa shape index (κ3) is 8.62. The van der Waals surface area contributed by atoms with E-state index in [9.17, 15) is 14.4 Å². The first-order valence-corrected chi connectivity index (χ1v) is 14.0. The van der Waals surface area contributed by atoms with E-state index in [1.807, 2.05) is 4.90 Å². The molecule has 0 saturated carbocycles. The number of nitrogens with zero attached hydrogens (tertiary/aromatic N) is 1. The van der Waals surface area contributed by atoms with Gasteiger partial charge in [0.05, 0.1) is 17.3 Å². The van der Waals surface area contributed by atoms with Crippen molar-refractivity contribution in [3.8, 4) is 0 Å². The molecule has 1 heterocycles. The third-order valence-electron chi connectivity index (χ3n) is 6.67. The van der Waals surface area contributed by atoms with Crippen LogP contribution >= 0.6 is 11.6 Å². The molecule has 226 valence electrons. The molecule has 0 radical (unpaired) electrons. The van der Waals surface area contributed by atoms with Crippen molar-refractivity contribution in [2.24, 2.45) is 5.92 Å². The van der Waals surface area contributed by atoms with Gasteiger partial charge in [-0.15, -0.1) is 0 Å². The van der Waals surface area contributed by atoms with E-state index in [2.05, 4.69) is 16.0 Å². The van der Waals surface area contributed by atoms with Gasteiger partial charge >= 0.3 is 6.09 Å². The first-order chi connectivity index (χ1) is 20.3. The Bertz CT molecular complexity index is 1520. The van der Waals surface area contributed by atoms with Crippen molar-refractivity contribution in [1.82, 2.24) is 4.90 Å². The van der Waals surface area contributed by atoms with Gasteiger partial charge in [-0.2, -0.15) is 0 Å². The standard InChI is InChI=1S/C32H33ClF2N4O4/c1-32(2,3)43-31(42)38-27-8-6-5-7-26(27)37-28(40)14-9-19-15-24(34)29(25(35)16-19)22-17-39(4)18-23(22)30(41)36-21-12-10-20(33)11-13-21/h5-16,22-23H,17-18H2,1-4H3,(H,36,41)(H,37,40)(H,38,42)/b14-9+. The number of halogens is 3. The second kappa shape index (κ2) is 13.4. The van der Waals surface area contributed by atoms with Crippen LogP contribution in [-0.4, -0.2) is 48.5 Å². The zero-order chi connectivity index (χ0) is 31.3. The average molecular weight is 611 g/mol. The molecule has 3 aromatic rings. The van der Waals surface area contributed by atoms with Crippen molar-refractivity contribution in [2.45, 2.75) is 32.3 Å². The van der Waals surface area contributed by atoms with Gasteiger partial charge in [0.15, 0.2) is 0 Å². The van der Waals surface area contributed by atoms with Crippen molar-refractivity contribution >= 4 is 52.6 Å². The fourth-order valence-electron chi connectivity index (χ4n) is 4.84. The van der Waals surface area contributed by atoms with E-state index in [0.717, 1.165) is 18.2 Å². The van der Waals surface area contributed by atoms with Gasteiger partial charge in [0, 0.05) is 41.4 Å². The Morgan fingerprint density at radius 3 is 2.14 bits per heavy atom. The van der Waals surface area contributed by atoms with Gasteiger partial charge in [-0.1, -0.05) is 23.7 Å². The molecule has 1 fully saturated rings. The minimum atomic E-state index is -0.809. The van der Waals surface area contributed by atoms with Crippen LogP contribution in [0.25, 0.3) is 6.08 Å². The van der Waals surface area contributed by atoms with Crippen LogP contribution in [0, 0.1) is 17.6 Å². The Morgan fingerprint density at radius 1 is 0.930 bits per heavy atom. The van der Waals surface area contributed by atoms with Crippen LogP contribution in [0.3, 0.4) is 0 Å². The Labute approximate surface area is 254 Å². The molecule has 0 aliphatic carbocycles. The molecule has 1 saturated heterocycles. The number of rotatable bonds is 7. The van der Waals surface area contributed by atoms with Crippen LogP contribution < -0.4 is 16.0 Å². The summed E-state index contributed by atoms with van der Waals surface area (Å²) in [5, 5.41) is 8.55. The summed E-state index contributed by atoms with van der Waals surface area (Å²) in [6.07, 6.45) is 1.72. The highest BCUT2D eigenvalue weighted by Gasteiger charge is 2.40. The highest BCUT2D eigenvalue weighted by atomic mass is 35.5. The summed E-state index contributed by atoms with van der Waals surface area (Å²) in [5.41, 5.74) is 0.404. The van der Waals surface area contributed by atoms with Crippen LogP contribution in [0.4, 0.5) is 30.6 Å². The number of hydrogen-bond acceptors (Lipinski definition) is 5. The number of ether oxygens (including phenoxy) is 1. The molecule has 8 nitrogen and oxygen atoms in total. The predicted molar refractivity (Wildman–Crippen MR) is 164 cm³/mol. The number of anilines is 3. The van der Waals surface area contributed by atoms with Crippen LogP contribution in [0.15, 0.2) is 66.7 Å². The third-order valence-corrected chi connectivity index (χ3v) is 6.92. The molecule has 3 amide bonds. The number of benzene rings is 3. The maximum Gasteiger partial charge on any atom is 0.412 e. The predicted octanol–water partition coefficient (Wildman–Crippen LogP) is 6.90. The molecule has 0 bridgehead atoms. The fourth-order valence-corrected chi connectivity index (χ4v) is 4.97. The quantitative estimate of drug-likeness (QED) is 0.253. The second-order valence-electron chi connectivity index (χ2n) is 11.3. The number of carbonyl (C=O) groups excluding carboxylic acids is 3. The summed E-state index contributed by atoms with van der Waals surface area (Å²) in [5.74, 6) is -3.95. The fraction of sp³-hybridized carbons (Fsp3) is 0.281. The van der Waals surface area contributed by atoms with Crippen molar-refractivity contribution in [3.63, 3.8) is 0 Å². The topological polar surface area (TPSA) is 99.8 Å². The van der Waals surface area contributed by atoms with E-state index in [1.54, 1.807) is 76.3 Å². The molecule has 1 aliphatic rings. The van der Waals surface area contributed by atoms with E-state index < -0.39 is 41.1 Å². The number of hydrogen-bond donors (Lipinski definition) is 3. The van der Waals surface area contributed by atoms with Crippen LogP contribution in [-0.2, 0) is 14.3 Å². The number of nitrogens with one attached hydrogen (secondary N) is 3. The van der Waals surface area contributed by atoms with Gasteiger partial charge in [0.25, 0.3) is 0 Å². The van der Waals surface area contributed by atoms with Crippen LogP contribution in [0.2, 0.25) is 5.02 Å². The first-order valence-electron chi connectivity index (χ1n) is 13.6. The molecule has 2 unspecified atom stereocenters. The van der Waals surface area contributed by atoms with E-state index in [-0.39, 0.29) is 17.0 Å². The van der Waals surface area contributed by atoms with Gasteiger partial charge in [-0.05, 0) is 88.0 Å². The zero-order valence-electron chi connectivity index (χ0n) is 24.2. The van der Waals surface area contributed by atoms with Gasteiger partial charge in [0.1, 0.15) is 17.2 Å². The molecule has 11 heteroatoms. The molecule has 3 N–H and O–H groups in total. The Morgan fingerprint density at radius 2 is 1.53 bits per heavy atom. The van der Waals surface area contributed by atoms with Gasteiger partial charge in [-0.3, -0.25) is 14.9 Å². The van der Waals surface area contributed by atoms with Crippen molar-refractivity contribution in [1.29, 1.82) is 0 Å². The molecule has 1 aliphatic heterocycles. The first kappa shape index (κ1) is 31.7. The lowest BCUT2D eigenvalue weighted by molar-refractivity contribution is -0.120. The number of likely N-dealkylation sites (tertiary alicyclic amines) is 1. The summed E-state index contributed by atoms with van der Waals surface area (Å²) in [6, 6.07) is 15.4. The lowest BCUT2D eigenvalue weighted by Gasteiger charge is -2.20. The van der Waals surface area contributed by atoms with Gasteiger partial charge in [0.2, 0.25) is 11.8 Å². The van der Waals surface area contributed by atoms with Gasteiger partial charge in [-0.25, -0.2) is 13.6 Å². The molecule has 2 atom stereocenters. The Balaban J connectivity index is 1.46. The number of para-hydroxylation sites is 2. The maximum absolute atomic E-state index is 15.4. The zero-order valence-corrected chi connectivity index (χ0v) is 25.0. The summed E-state index contributed by atoms with van der Waals surface area (Å²) < 4.78 is 36.0. The minimum absolute atomic E-state index is 0.127. The van der Waals surface area contributed by atoms with Crippen LogP contribution in [0.5, 0.6) is 0 Å². The van der Waals surface area contributed by atoms with Crippen molar-refractivity contribution in [2.75, 3.05) is 36.1 Å². The monoisotopic (exact) mass is 610 g/mol. The average Bonchev–Trinajstić information content (AvgIpc) is 3.29.